The summed E-state index contributed by atoms with van der Waals surface area (Å²) in [5, 5.41) is 12.3. The number of nitrogens with zero attached hydrogens (tertiary/aromatic N) is 6. The molecule has 2 rings (SSSR count). The molecule has 1 aromatic rings. The van der Waals surface area contributed by atoms with E-state index in [9.17, 15) is 0 Å². The van der Waals surface area contributed by atoms with Crippen LogP contribution in [0.4, 0.5) is 0 Å². The molecule has 1 aromatic heterocycles. The first kappa shape index (κ1) is 17.1. The Labute approximate surface area is 132 Å². The van der Waals surface area contributed by atoms with Crippen LogP contribution in [0, 0.1) is 5.92 Å². The molecule has 7 heteroatoms. The van der Waals surface area contributed by atoms with E-state index in [0.29, 0.717) is 19.1 Å². The molecule has 1 unspecified atom stereocenters. The van der Waals surface area contributed by atoms with Crippen molar-refractivity contribution in [1.29, 1.82) is 0 Å². The standard InChI is InChI=1S/C15H28N6O/c1-5-6-19-7-9-20(10-8-19)14(13(2)3)15-16-17-18-21(15)11-12-22-4/h5,13-14H,1,6-12H2,2-4H3. The summed E-state index contributed by atoms with van der Waals surface area (Å²) in [6.07, 6.45) is 1.97. The first-order valence-corrected chi connectivity index (χ1v) is 7.99. The maximum atomic E-state index is 5.15. The minimum absolute atomic E-state index is 0.248. The van der Waals surface area contributed by atoms with Gasteiger partial charge in [0.2, 0.25) is 0 Å². The van der Waals surface area contributed by atoms with Gasteiger partial charge in [-0.05, 0) is 16.3 Å². The molecule has 0 aromatic carbocycles. The molecule has 0 radical (unpaired) electrons. The molecule has 0 aliphatic carbocycles. The summed E-state index contributed by atoms with van der Waals surface area (Å²) in [4.78, 5) is 4.92. The van der Waals surface area contributed by atoms with Gasteiger partial charge in [-0.3, -0.25) is 9.80 Å². The minimum Gasteiger partial charge on any atom is -0.383 e. The lowest BCUT2D eigenvalue weighted by molar-refractivity contribution is 0.0735. The molecule has 1 aliphatic heterocycles. The largest absolute Gasteiger partial charge is 0.383 e. The number of hydrogen-bond acceptors (Lipinski definition) is 6. The van der Waals surface area contributed by atoms with Crippen LogP contribution in [0.1, 0.15) is 25.7 Å². The number of tetrazole rings is 1. The summed E-state index contributed by atoms with van der Waals surface area (Å²) in [5.41, 5.74) is 0. The van der Waals surface area contributed by atoms with Crippen molar-refractivity contribution in [2.75, 3.05) is 46.4 Å². The van der Waals surface area contributed by atoms with Crippen molar-refractivity contribution in [2.45, 2.75) is 26.4 Å². The molecule has 0 spiro atoms. The van der Waals surface area contributed by atoms with Gasteiger partial charge in [-0.1, -0.05) is 19.9 Å². The van der Waals surface area contributed by atoms with Crippen molar-refractivity contribution < 1.29 is 4.74 Å². The first-order valence-electron chi connectivity index (χ1n) is 7.99. The van der Waals surface area contributed by atoms with E-state index in [1.54, 1.807) is 7.11 Å². The maximum absolute atomic E-state index is 5.15. The molecule has 1 atom stereocenters. The Morgan fingerprint density at radius 2 is 2.00 bits per heavy atom. The van der Waals surface area contributed by atoms with Crippen molar-refractivity contribution in [3.8, 4) is 0 Å². The van der Waals surface area contributed by atoms with E-state index >= 15 is 0 Å². The Morgan fingerprint density at radius 1 is 1.27 bits per heavy atom. The van der Waals surface area contributed by atoms with Gasteiger partial charge in [0.1, 0.15) is 0 Å². The highest BCUT2D eigenvalue weighted by atomic mass is 16.5. The van der Waals surface area contributed by atoms with Crippen LogP contribution in [-0.4, -0.2) is 76.4 Å². The average molecular weight is 308 g/mol. The lowest BCUT2D eigenvalue weighted by atomic mass is 10.0. The van der Waals surface area contributed by atoms with Gasteiger partial charge < -0.3 is 4.74 Å². The zero-order valence-electron chi connectivity index (χ0n) is 14.0. The highest BCUT2D eigenvalue weighted by Gasteiger charge is 2.31. The monoisotopic (exact) mass is 308 g/mol. The third-order valence-electron chi connectivity index (χ3n) is 4.15. The molecule has 1 fully saturated rings. The summed E-state index contributed by atoms with van der Waals surface area (Å²) >= 11 is 0. The molecule has 0 bridgehead atoms. The van der Waals surface area contributed by atoms with Gasteiger partial charge in [-0.2, -0.15) is 0 Å². The lowest BCUT2D eigenvalue weighted by Gasteiger charge is -2.39. The second kappa shape index (κ2) is 8.36. The highest BCUT2D eigenvalue weighted by Crippen LogP contribution is 2.27. The fraction of sp³-hybridized carbons (Fsp3) is 0.800. The van der Waals surface area contributed by atoms with E-state index < -0.39 is 0 Å². The third kappa shape index (κ3) is 4.12. The van der Waals surface area contributed by atoms with Crippen molar-refractivity contribution in [1.82, 2.24) is 30.0 Å². The highest BCUT2D eigenvalue weighted by molar-refractivity contribution is 4.97. The van der Waals surface area contributed by atoms with Crippen LogP contribution < -0.4 is 0 Å². The lowest BCUT2D eigenvalue weighted by Crippen LogP contribution is -2.49. The summed E-state index contributed by atoms with van der Waals surface area (Å²) in [6, 6.07) is 0.248. The number of methoxy groups -OCH3 is 1. The van der Waals surface area contributed by atoms with Gasteiger partial charge in [0.25, 0.3) is 0 Å². The maximum Gasteiger partial charge on any atom is 0.168 e. The summed E-state index contributed by atoms with van der Waals surface area (Å²) < 4.78 is 7.03. The fourth-order valence-corrected chi connectivity index (χ4v) is 3.05. The second-order valence-corrected chi connectivity index (χ2v) is 6.07. The molecule has 7 nitrogen and oxygen atoms in total. The fourth-order valence-electron chi connectivity index (χ4n) is 3.05. The molecule has 0 saturated carbocycles. The van der Waals surface area contributed by atoms with Crippen LogP contribution in [0.5, 0.6) is 0 Å². The SMILES string of the molecule is C=CCN1CCN(C(c2nnnn2CCOC)C(C)C)CC1. The topological polar surface area (TPSA) is 59.3 Å². The molecule has 1 aliphatic rings. The first-order chi connectivity index (χ1) is 10.7. The summed E-state index contributed by atoms with van der Waals surface area (Å²) in [5.74, 6) is 1.41. The van der Waals surface area contributed by atoms with E-state index in [2.05, 4.69) is 45.8 Å². The third-order valence-corrected chi connectivity index (χ3v) is 4.15. The molecular weight excluding hydrogens is 280 g/mol. The zero-order valence-corrected chi connectivity index (χ0v) is 14.0. The van der Waals surface area contributed by atoms with Gasteiger partial charge in [-0.25, -0.2) is 4.68 Å². The second-order valence-electron chi connectivity index (χ2n) is 6.07. The number of rotatable bonds is 8. The molecule has 1 saturated heterocycles. The molecular formula is C15H28N6O. The van der Waals surface area contributed by atoms with Gasteiger partial charge in [-0.15, -0.1) is 11.7 Å². The molecule has 22 heavy (non-hydrogen) atoms. The van der Waals surface area contributed by atoms with E-state index in [-0.39, 0.29) is 6.04 Å². The van der Waals surface area contributed by atoms with Gasteiger partial charge in [0, 0.05) is 39.8 Å². The minimum atomic E-state index is 0.248. The molecule has 0 N–H and O–H groups in total. The van der Waals surface area contributed by atoms with Gasteiger partial charge in [0.05, 0.1) is 19.2 Å². The van der Waals surface area contributed by atoms with Crippen LogP contribution in [0.25, 0.3) is 0 Å². The Hall–Kier alpha value is -1.31. The summed E-state index contributed by atoms with van der Waals surface area (Å²) in [6.45, 7) is 14.8. The van der Waals surface area contributed by atoms with Crippen molar-refractivity contribution in [3.05, 3.63) is 18.5 Å². The zero-order chi connectivity index (χ0) is 15.9. The Morgan fingerprint density at radius 3 is 2.59 bits per heavy atom. The molecule has 0 amide bonds. The molecule has 2 heterocycles. The van der Waals surface area contributed by atoms with Crippen LogP contribution in [0.2, 0.25) is 0 Å². The van der Waals surface area contributed by atoms with Gasteiger partial charge >= 0.3 is 0 Å². The summed E-state index contributed by atoms with van der Waals surface area (Å²) in [7, 11) is 1.70. The smallest absolute Gasteiger partial charge is 0.168 e. The van der Waals surface area contributed by atoms with Crippen molar-refractivity contribution in [3.63, 3.8) is 0 Å². The predicted octanol–water partition coefficient (Wildman–Crippen LogP) is 0.820. The number of ether oxygens (including phenoxy) is 1. The quantitative estimate of drug-likeness (QED) is 0.663. The van der Waals surface area contributed by atoms with E-state index in [1.807, 2.05) is 10.8 Å². The van der Waals surface area contributed by atoms with E-state index in [0.717, 1.165) is 38.5 Å². The number of piperazine rings is 1. The van der Waals surface area contributed by atoms with Crippen LogP contribution in [-0.2, 0) is 11.3 Å². The Bertz CT molecular complexity index is 453. The van der Waals surface area contributed by atoms with Gasteiger partial charge in [0.15, 0.2) is 5.82 Å². The van der Waals surface area contributed by atoms with Crippen LogP contribution in [0.15, 0.2) is 12.7 Å². The van der Waals surface area contributed by atoms with Crippen molar-refractivity contribution >= 4 is 0 Å². The normalized spacial score (nSPS) is 18.7. The van der Waals surface area contributed by atoms with Crippen molar-refractivity contribution in [2.24, 2.45) is 5.92 Å². The van der Waals surface area contributed by atoms with E-state index in [4.69, 9.17) is 4.74 Å². The molecule has 124 valence electrons. The average Bonchev–Trinajstić information content (AvgIpc) is 2.95. The Balaban J connectivity index is 2.07. The van der Waals surface area contributed by atoms with Crippen LogP contribution >= 0.6 is 0 Å². The predicted molar refractivity (Wildman–Crippen MR) is 85.5 cm³/mol. The number of hydrogen-bond donors (Lipinski definition) is 0. The number of aromatic nitrogens is 4. The van der Waals surface area contributed by atoms with E-state index in [1.165, 1.54) is 0 Å². The Kier molecular flexibility index (Phi) is 6.48. The van der Waals surface area contributed by atoms with Crippen LogP contribution in [0.3, 0.4) is 0 Å².